The van der Waals surface area contributed by atoms with Crippen molar-refractivity contribution in [2.45, 2.75) is 50.2 Å². The van der Waals surface area contributed by atoms with E-state index in [1.165, 1.54) is 0 Å². The Bertz CT molecular complexity index is 1460. The minimum atomic E-state index is -2.78. The minimum Gasteiger partial charge on any atom is -0.497 e. The molecular weight excluding hydrogens is 552 g/mol. The first kappa shape index (κ1) is 29.8. The average Bonchev–Trinajstić information content (AvgIpc) is 3.40. The summed E-state index contributed by atoms with van der Waals surface area (Å²) in [6.07, 6.45) is -0.113. The summed E-state index contributed by atoms with van der Waals surface area (Å²) in [7, 11) is 0.378. The zero-order valence-corrected chi connectivity index (χ0v) is 25.6. The fourth-order valence-corrected chi connectivity index (χ4v) is 9.16. The SMILES string of the molecule is COc1ccc(C(=O)Nc2ccc(CN3C(=O)[C@]4(O[C@H](CCO)[C@@H]([Si](C)(C)O)[C@@H]4C)c4cc(OC)ccc43)cc2)cc1. The summed E-state index contributed by atoms with van der Waals surface area (Å²) in [6, 6.07) is 19.8. The second-order valence-electron chi connectivity index (χ2n) is 11.5. The lowest BCUT2D eigenvalue weighted by Gasteiger charge is -2.32. The number of hydrogen-bond donors (Lipinski definition) is 3. The van der Waals surface area contributed by atoms with Gasteiger partial charge >= 0.3 is 0 Å². The maximum absolute atomic E-state index is 14.4. The van der Waals surface area contributed by atoms with Crippen molar-refractivity contribution in [2.24, 2.45) is 5.92 Å². The Morgan fingerprint density at radius 1 is 1.02 bits per heavy atom. The van der Waals surface area contributed by atoms with Crippen molar-refractivity contribution in [3.05, 3.63) is 83.4 Å². The van der Waals surface area contributed by atoms with Gasteiger partial charge in [-0.2, -0.15) is 0 Å². The molecule has 2 heterocycles. The molecule has 3 aromatic rings. The Morgan fingerprint density at radius 2 is 1.67 bits per heavy atom. The van der Waals surface area contributed by atoms with Gasteiger partial charge in [-0.15, -0.1) is 0 Å². The first-order chi connectivity index (χ1) is 20.0. The molecule has 1 fully saturated rings. The molecule has 1 spiro atoms. The van der Waals surface area contributed by atoms with Gasteiger partial charge in [0.15, 0.2) is 13.9 Å². The zero-order valence-electron chi connectivity index (χ0n) is 24.6. The van der Waals surface area contributed by atoms with Crippen LogP contribution in [0.2, 0.25) is 18.6 Å². The van der Waals surface area contributed by atoms with Gasteiger partial charge in [0.1, 0.15) is 11.5 Å². The van der Waals surface area contributed by atoms with Crippen LogP contribution in [0.3, 0.4) is 0 Å². The number of aliphatic hydroxyl groups excluding tert-OH is 1. The Morgan fingerprint density at radius 3 is 2.26 bits per heavy atom. The normalized spacial score (nSPS) is 23.3. The van der Waals surface area contributed by atoms with Crippen LogP contribution >= 0.6 is 0 Å². The van der Waals surface area contributed by atoms with Crippen LogP contribution in [0.4, 0.5) is 11.4 Å². The monoisotopic (exact) mass is 590 g/mol. The number of ether oxygens (including phenoxy) is 3. The summed E-state index contributed by atoms with van der Waals surface area (Å²) in [5, 5.41) is 12.7. The molecule has 1 saturated heterocycles. The van der Waals surface area contributed by atoms with Crippen LogP contribution in [0.5, 0.6) is 11.5 Å². The molecule has 2 amide bonds. The van der Waals surface area contributed by atoms with Crippen molar-refractivity contribution in [2.75, 3.05) is 31.0 Å². The Hall–Kier alpha value is -3.70. The molecule has 42 heavy (non-hydrogen) atoms. The predicted octanol–water partition coefficient (Wildman–Crippen LogP) is 4.68. The zero-order chi connectivity index (χ0) is 30.2. The van der Waals surface area contributed by atoms with Crippen molar-refractivity contribution in [3.63, 3.8) is 0 Å². The van der Waals surface area contributed by atoms with Crippen molar-refractivity contribution in [1.29, 1.82) is 0 Å². The highest BCUT2D eigenvalue weighted by molar-refractivity contribution is 6.71. The number of benzene rings is 3. The van der Waals surface area contributed by atoms with Gasteiger partial charge in [-0.1, -0.05) is 19.1 Å². The number of aliphatic hydroxyl groups is 1. The van der Waals surface area contributed by atoms with E-state index in [0.717, 1.165) is 11.3 Å². The lowest BCUT2D eigenvalue weighted by molar-refractivity contribution is -0.146. The van der Waals surface area contributed by atoms with Crippen molar-refractivity contribution >= 4 is 31.5 Å². The molecule has 0 bridgehead atoms. The molecule has 0 aliphatic carbocycles. The topological polar surface area (TPSA) is 118 Å². The highest BCUT2D eigenvalue weighted by Crippen LogP contribution is 2.60. The molecule has 5 rings (SSSR count). The van der Waals surface area contributed by atoms with E-state index in [1.54, 1.807) is 43.4 Å². The fraction of sp³-hybridized carbons (Fsp3) is 0.375. The molecule has 0 aromatic heterocycles. The number of rotatable bonds is 9. The number of methoxy groups -OCH3 is 2. The average molecular weight is 591 g/mol. The molecule has 0 unspecified atom stereocenters. The maximum Gasteiger partial charge on any atom is 0.264 e. The quantitative estimate of drug-likeness (QED) is 0.310. The van der Waals surface area contributed by atoms with E-state index in [2.05, 4.69) is 5.32 Å². The smallest absolute Gasteiger partial charge is 0.264 e. The van der Waals surface area contributed by atoms with Gasteiger partial charge in [-0.05, 0) is 79.7 Å². The fourth-order valence-electron chi connectivity index (χ4n) is 6.56. The first-order valence-corrected chi connectivity index (χ1v) is 17.1. The molecule has 4 atom stereocenters. The molecule has 222 valence electrons. The van der Waals surface area contributed by atoms with Crippen molar-refractivity contribution in [3.8, 4) is 11.5 Å². The Labute approximate surface area is 247 Å². The highest BCUT2D eigenvalue weighted by Gasteiger charge is 2.66. The predicted molar refractivity (Wildman–Crippen MR) is 162 cm³/mol. The Kier molecular flexibility index (Phi) is 8.17. The summed E-state index contributed by atoms with van der Waals surface area (Å²) in [5.41, 5.74) is 1.91. The minimum absolute atomic E-state index is 0.0985. The number of nitrogens with zero attached hydrogens (tertiary/aromatic N) is 1. The third-order valence-electron chi connectivity index (χ3n) is 8.51. The Balaban J connectivity index is 1.42. The molecule has 10 heteroatoms. The lowest BCUT2D eigenvalue weighted by atomic mass is 9.82. The third-order valence-corrected chi connectivity index (χ3v) is 11.0. The number of nitrogens with one attached hydrogen (secondary N) is 1. The maximum atomic E-state index is 14.4. The highest BCUT2D eigenvalue weighted by atomic mass is 28.4. The van der Waals surface area contributed by atoms with Crippen LogP contribution in [0.25, 0.3) is 0 Å². The van der Waals surface area contributed by atoms with Gasteiger partial charge in [0.05, 0.1) is 32.6 Å². The van der Waals surface area contributed by atoms with Crippen LogP contribution < -0.4 is 19.7 Å². The van der Waals surface area contributed by atoms with Crippen molar-refractivity contribution in [1.82, 2.24) is 0 Å². The molecule has 2 aliphatic heterocycles. The van der Waals surface area contributed by atoms with Gasteiger partial charge in [0.2, 0.25) is 0 Å². The number of anilines is 2. The van der Waals surface area contributed by atoms with Crippen LogP contribution in [-0.2, 0) is 21.7 Å². The van der Waals surface area contributed by atoms with E-state index in [4.69, 9.17) is 14.2 Å². The van der Waals surface area contributed by atoms with Crippen molar-refractivity contribution < 1.29 is 33.7 Å². The molecule has 0 radical (unpaired) electrons. The van der Waals surface area contributed by atoms with E-state index in [9.17, 15) is 19.5 Å². The summed E-state index contributed by atoms with van der Waals surface area (Å²) in [5.74, 6) is 0.532. The van der Waals surface area contributed by atoms with Gasteiger partial charge in [-0.25, -0.2) is 0 Å². The van der Waals surface area contributed by atoms with E-state index in [0.29, 0.717) is 34.7 Å². The molecule has 2 aliphatic rings. The molecular formula is C32H38N2O7Si. The van der Waals surface area contributed by atoms with Crippen LogP contribution in [0.15, 0.2) is 66.7 Å². The van der Waals surface area contributed by atoms with Gasteiger partial charge in [0.25, 0.3) is 11.8 Å². The molecule has 3 aromatic carbocycles. The number of fused-ring (bicyclic) bond motifs is 2. The lowest BCUT2D eigenvalue weighted by Crippen LogP contribution is -2.46. The summed E-state index contributed by atoms with van der Waals surface area (Å²) < 4.78 is 17.3. The largest absolute Gasteiger partial charge is 0.497 e. The first-order valence-electron chi connectivity index (χ1n) is 14.1. The van der Waals surface area contributed by atoms with Gasteiger partial charge in [-0.3, -0.25) is 9.59 Å². The number of carbonyl (C=O) groups excluding carboxylic acids is 2. The molecule has 9 nitrogen and oxygen atoms in total. The van der Waals surface area contributed by atoms with Gasteiger partial charge < -0.3 is 34.3 Å². The summed E-state index contributed by atoms with van der Waals surface area (Å²) >= 11 is 0. The van der Waals surface area contributed by atoms with E-state index < -0.39 is 20.0 Å². The van der Waals surface area contributed by atoms with Crippen LogP contribution in [0, 0.1) is 5.92 Å². The summed E-state index contributed by atoms with van der Waals surface area (Å²) in [4.78, 5) is 40.1. The summed E-state index contributed by atoms with van der Waals surface area (Å²) in [6.45, 7) is 5.88. The molecule has 0 saturated carbocycles. The van der Waals surface area contributed by atoms with E-state index in [-0.39, 0.29) is 36.4 Å². The second-order valence-corrected chi connectivity index (χ2v) is 15.5. The van der Waals surface area contributed by atoms with E-state index in [1.807, 2.05) is 62.5 Å². The van der Waals surface area contributed by atoms with Gasteiger partial charge in [0, 0.05) is 34.9 Å². The third kappa shape index (κ3) is 5.20. The van der Waals surface area contributed by atoms with Crippen LogP contribution in [0.1, 0.15) is 34.8 Å². The number of hydrogen-bond acceptors (Lipinski definition) is 7. The molecule has 3 N–H and O–H groups in total. The van der Waals surface area contributed by atoms with E-state index >= 15 is 0 Å². The van der Waals surface area contributed by atoms with Crippen LogP contribution in [-0.4, -0.2) is 57.0 Å². The standard InChI is InChI=1S/C32H38N2O7Si/c1-20-29(42(4,5)38)28(16-17-35)41-32(20)26-18-25(40-3)14-15-27(26)34(31(32)37)19-21-6-10-23(11-7-21)33-30(36)22-8-12-24(39-2)13-9-22/h6-15,18,20,28-29,35,38H,16-17,19H2,1-5H3,(H,33,36)/t20-,28+,29-,32+/m0/s1. The number of amides is 2. The second kappa shape index (κ2) is 11.5. The number of carbonyl (C=O) groups is 2.